The van der Waals surface area contributed by atoms with Crippen LogP contribution in [0.1, 0.15) is 5.56 Å². The molecule has 0 radical (unpaired) electrons. The van der Waals surface area contributed by atoms with E-state index in [2.05, 4.69) is 0 Å². The fourth-order valence-electron chi connectivity index (χ4n) is 0.912. The lowest BCUT2D eigenvalue weighted by Crippen LogP contribution is -1.96. The van der Waals surface area contributed by atoms with Crippen molar-refractivity contribution in [2.24, 2.45) is 0 Å². The molecule has 0 spiro atoms. The molecule has 1 aromatic carbocycles. The van der Waals surface area contributed by atoms with Crippen LogP contribution < -0.4 is 4.74 Å². The van der Waals surface area contributed by atoms with Crippen molar-refractivity contribution in [2.75, 3.05) is 7.11 Å². The van der Waals surface area contributed by atoms with Gasteiger partial charge in [0.25, 0.3) is 0 Å². The molecule has 3 heteroatoms. The highest BCUT2D eigenvalue weighted by atomic mass is 16.5. The Morgan fingerprint density at radius 2 is 1.85 bits per heavy atom. The van der Waals surface area contributed by atoms with Gasteiger partial charge in [0.1, 0.15) is 5.75 Å². The van der Waals surface area contributed by atoms with Crippen molar-refractivity contribution < 1.29 is 14.9 Å². The van der Waals surface area contributed by atoms with Crippen LogP contribution in [-0.4, -0.2) is 23.6 Å². The van der Waals surface area contributed by atoms with Crippen LogP contribution in [0.4, 0.5) is 0 Å². The first-order valence-corrected chi connectivity index (χ1v) is 3.91. The van der Waals surface area contributed by atoms with E-state index >= 15 is 0 Å². The van der Waals surface area contributed by atoms with Crippen LogP contribution in [0, 0.1) is 0 Å². The maximum Gasteiger partial charge on any atom is 0.171 e. The molecule has 0 fully saturated rings. The summed E-state index contributed by atoms with van der Waals surface area (Å²) in [6, 6.07) is 7.28. The van der Waals surface area contributed by atoms with Gasteiger partial charge in [-0.05, 0) is 23.8 Å². The van der Waals surface area contributed by atoms with Crippen LogP contribution in [0.15, 0.2) is 30.3 Å². The second kappa shape index (κ2) is 4.64. The third-order valence-electron chi connectivity index (χ3n) is 1.58. The van der Waals surface area contributed by atoms with Gasteiger partial charge in [0.2, 0.25) is 0 Å². The maximum absolute atomic E-state index is 8.56. The highest BCUT2D eigenvalue weighted by Gasteiger charge is 1.91. The highest BCUT2D eigenvalue weighted by Crippen LogP contribution is 2.12. The average molecular weight is 180 g/mol. The van der Waals surface area contributed by atoms with Crippen molar-refractivity contribution in [3.05, 3.63) is 35.9 Å². The average Bonchev–Trinajstić information content (AvgIpc) is 2.15. The first kappa shape index (κ1) is 9.77. The molecule has 0 aliphatic heterocycles. The van der Waals surface area contributed by atoms with Crippen LogP contribution in [0.25, 0.3) is 6.08 Å². The summed E-state index contributed by atoms with van der Waals surface area (Å²) in [6.07, 6.45) is 1.52. The van der Waals surface area contributed by atoms with E-state index in [1.165, 1.54) is 6.08 Å². The first-order valence-electron chi connectivity index (χ1n) is 3.91. The smallest absolute Gasteiger partial charge is 0.171 e. The number of hydrogen-bond acceptors (Lipinski definition) is 3. The lowest BCUT2D eigenvalue weighted by atomic mass is 10.2. The van der Waals surface area contributed by atoms with Gasteiger partial charge in [0.05, 0.1) is 7.11 Å². The molecule has 0 aliphatic rings. The quantitative estimate of drug-likeness (QED) is 0.683. The Hall–Kier alpha value is -1.32. The van der Waals surface area contributed by atoms with E-state index in [0.29, 0.717) is 0 Å². The van der Waals surface area contributed by atoms with E-state index in [0.717, 1.165) is 11.3 Å². The summed E-state index contributed by atoms with van der Waals surface area (Å²) in [6.45, 7) is 0. The molecular weight excluding hydrogens is 168 g/mol. The molecule has 0 aliphatic carbocycles. The normalized spacial score (nSPS) is 11.1. The van der Waals surface area contributed by atoms with Crippen molar-refractivity contribution in [3.8, 4) is 5.75 Å². The third-order valence-corrected chi connectivity index (χ3v) is 1.58. The molecule has 0 amide bonds. The van der Waals surface area contributed by atoms with Gasteiger partial charge in [0.15, 0.2) is 6.29 Å². The molecule has 1 aromatic rings. The van der Waals surface area contributed by atoms with Gasteiger partial charge in [-0.25, -0.2) is 0 Å². The van der Waals surface area contributed by atoms with Crippen LogP contribution in [0.5, 0.6) is 5.75 Å². The van der Waals surface area contributed by atoms with Gasteiger partial charge in [0, 0.05) is 0 Å². The summed E-state index contributed by atoms with van der Waals surface area (Å²) in [4.78, 5) is 0. The van der Waals surface area contributed by atoms with Crippen molar-refractivity contribution in [3.63, 3.8) is 0 Å². The number of aliphatic hydroxyl groups excluding tert-OH is 1. The van der Waals surface area contributed by atoms with Crippen LogP contribution in [0.2, 0.25) is 0 Å². The monoisotopic (exact) mass is 180 g/mol. The predicted octanol–water partition coefficient (Wildman–Crippen LogP) is 1.02. The lowest BCUT2D eigenvalue weighted by Gasteiger charge is -1.99. The molecule has 2 N–H and O–H groups in total. The summed E-state index contributed by atoms with van der Waals surface area (Å²) < 4.78 is 4.97. The SMILES string of the molecule is COc1ccc(/C=C/C(O)O)cc1. The predicted molar refractivity (Wildman–Crippen MR) is 50.3 cm³/mol. The van der Waals surface area contributed by atoms with Crippen molar-refractivity contribution in [1.82, 2.24) is 0 Å². The van der Waals surface area contributed by atoms with Gasteiger partial charge in [-0.1, -0.05) is 18.2 Å². The molecule has 13 heavy (non-hydrogen) atoms. The second-order valence-electron chi connectivity index (χ2n) is 2.55. The van der Waals surface area contributed by atoms with Gasteiger partial charge >= 0.3 is 0 Å². The zero-order valence-electron chi connectivity index (χ0n) is 7.34. The van der Waals surface area contributed by atoms with Crippen molar-refractivity contribution in [2.45, 2.75) is 6.29 Å². The number of ether oxygens (including phenoxy) is 1. The lowest BCUT2D eigenvalue weighted by molar-refractivity contribution is 0.00304. The van der Waals surface area contributed by atoms with Gasteiger partial charge in [-0.15, -0.1) is 0 Å². The van der Waals surface area contributed by atoms with Crippen molar-refractivity contribution >= 4 is 6.08 Å². The van der Waals surface area contributed by atoms with E-state index in [1.807, 2.05) is 24.3 Å². The fraction of sp³-hybridized carbons (Fsp3) is 0.200. The molecule has 0 aromatic heterocycles. The molecule has 0 bridgehead atoms. The van der Waals surface area contributed by atoms with Crippen LogP contribution in [-0.2, 0) is 0 Å². The summed E-state index contributed by atoms with van der Waals surface area (Å²) >= 11 is 0. The zero-order chi connectivity index (χ0) is 9.68. The molecule has 0 saturated carbocycles. The Morgan fingerprint density at radius 1 is 1.23 bits per heavy atom. The molecule has 0 atom stereocenters. The van der Waals surface area contributed by atoms with E-state index in [9.17, 15) is 0 Å². The van der Waals surface area contributed by atoms with E-state index < -0.39 is 6.29 Å². The molecule has 70 valence electrons. The summed E-state index contributed by atoms with van der Waals surface area (Å²) in [5.74, 6) is 0.779. The number of benzene rings is 1. The second-order valence-corrected chi connectivity index (χ2v) is 2.55. The minimum atomic E-state index is -1.40. The fourth-order valence-corrected chi connectivity index (χ4v) is 0.912. The van der Waals surface area contributed by atoms with E-state index in [4.69, 9.17) is 14.9 Å². The number of rotatable bonds is 3. The largest absolute Gasteiger partial charge is 0.497 e. The van der Waals surface area contributed by atoms with Gasteiger partial charge in [-0.3, -0.25) is 0 Å². The Balaban J connectivity index is 2.69. The molecular formula is C10H12O3. The first-order chi connectivity index (χ1) is 6.22. The molecule has 1 rings (SSSR count). The topological polar surface area (TPSA) is 49.7 Å². The number of methoxy groups -OCH3 is 1. The Morgan fingerprint density at radius 3 is 2.31 bits per heavy atom. The van der Waals surface area contributed by atoms with Gasteiger partial charge < -0.3 is 14.9 Å². The minimum Gasteiger partial charge on any atom is -0.497 e. The highest BCUT2D eigenvalue weighted by molar-refractivity contribution is 5.50. The maximum atomic E-state index is 8.56. The zero-order valence-corrected chi connectivity index (χ0v) is 7.34. The van der Waals surface area contributed by atoms with Crippen LogP contribution in [0.3, 0.4) is 0 Å². The van der Waals surface area contributed by atoms with Gasteiger partial charge in [-0.2, -0.15) is 0 Å². The summed E-state index contributed by atoms with van der Waals surface area (Å²) in [5, 5.41) is 17.1. The molecule has 0 heterocycles. The Bertz CT molecular complexity index is 275. The summed E-state index contributed by atoms with van der Waals surface area (Å²) in [7, 11) is 1.60. The molecule has 3 nitrogen and oxygen atoms in total. The van der Waals surface area contributed by atoms with Crippen LogP contribution >= 0.6 is 0 Å². The minimum absolute atomic E-state index is 0.779. The van der Waals surface area contributed by atoms with E-state index in [1.54, 1.807) is 13.2 Å². The third kappa shape index (κ3) is 3.27. The summed E-state index contributed by atoms with van der Waals surface area (Å²) in [5.41, 5.74) is 0.897. The number of aliphatic hydroxyl groups is 2. The standard InChI is InChI=1S/C10H12O3/c1-13-9-5-2-8(3-6-9)4-7-10(11)12/h2-7,10-12H,1H3/b7-4+. The molecule has 0 unspecified atom stereocenters. The molecule has 0 saturated heterocycles. The van der Waals surface area contributed by atoms with E-state index in [-0.39, 0.29) is 0 Å². The Labute approximate surface area is 76.9 Å². The van der Waals surface area contributed by atoms with Crippen molar-refractivity contribution in [1.29, 1.82) is 0 Å². The number of hydrogen-bond donors (Lipinski definition) is 2. The Kier molecular flexibility index (Phi) is 3.49.